The first kappa shape index (κ1) is 18.1. The van der Waals surface area contributed by atoms with Crippen LogP contribution in [-0.2, 0) is 0 Å². The van der Waals surface area contributed by atoms with E-state index in [0.717, 1.165) is 10.9 Å². The molecule has 1 aromatic carbocycles. The Morgan fingerprint density at radius 1 is 1.17 bits per heavy atom. The molecule has 0 saturated heterocycles. The minimum absolute atomic E-state index is 0.237. The van der Waals surface area contributed by atoms with Gasteiger partial charge in [0.2, 0.25) is 0 Å². The van der Waals surface area contributed by atoms with E-state index in [2.05, 4.69) is 45.4 Å². The number of amides is 2. The molecule has 2 aromatic rings. The van der Waals surface area contributed by atoms with Gasteiger partial charge < -0.3 is 10.6 Å². The molecule has 24 heavy (non-hydrogen) atoms. The minimum Gasteiger partial charge on any atom is -0.351 e. The highest BCUT2D eigenvalue weighted by molar-refractivity contribution is 9.10. The van der Waals surface area contributed by atoms with Crippen molar-refractivity contribution in [2.45, 2.75) is 20.3 Å². The quantitative estimate of drug-likeness (QED) is 0.787. The van der Waals surface area contributed by atoms with E-state index in [1.807, 2.05) is 12.1 Å². The Labute approximate surface area is 150 Å². The predicted molar refractivity (Wildman–Crippen MR) is 98.1 cm³/mol. The second kappa shape index (κ2) is 8.59. The summed E-state index contributed by atoms with van der Waals surface area (Å²) in [7, 11) is 0. The highest BCUT2D eigenvalue weighted by Crippen LogP contribution is 2.16. The van der Waals surface area contributed by atoms with Gasteiger partial charge in [0.05, 0.1) is 0 Å². The molecule has 0 fully saturated rings. The molecule has 5 nitrogen and oxygen atoms in total. The maximum absolute atomic E-state index is 12.3. The van der Waals surface area contributed by atoms with Crippen molar-refractivity contribution in [3.05, 3.63) is 58.3 Å². The lowest BCUT2D eigenvalue weighted by molar-refractivity contribution is 0.0947. The topological polar surface area (TPSA) is 71.1 Å². The number of aromatic nitrogens is 1. The van der Waals surface area contributed by atoms with Gasteiger partial charge in [-0.15, -0.1) is 0 Å². The molecule has 0 aliphatic heterocycles. The molecule has 0 spiro atoms. The van der Waals surface area contributed by atoms with Crippen LogP contribution in [0.3, 0.4) is 0 Å². The number of halogens is 1. The second-order valence-electron chi connectivity index (χ2n) is 5.83. The first-order valence-corrected chi connectivity index (χ1v) is 8.56. The van der Waals surface area contributed by atoms with Crippen molar-refractivity contribution in [1.29, 1.82) is 0 Å². The fourth-order valence-corrected chi connectivity index (χ4v) is 2.43. The van der Waals surface area contributed by atoms with Crippen molar-refractivity contribution < 1.29 is 9.59 Å². The summed E-state index contributed by atoms with van der Waals surface area (Å²) < 4.78 is 0.875. The highest BCUT2D eigenvalue weighted by Gasteiger charge is 2.12. The number of hydrogen-bond donors (Lipinski definition) is 2. The fourth-order valence-electron chi connectivity index (χ4n) is 2.03. The van der Waals surface area contributed by atoms with Crippen LogP contribution in [0.2, 0.25) is 0 Å². The zero-order chi connectivity index (χ0) is 17.5. The summed E-state index contributed by atoms with van der Waals surface area (Å²) in [6, 6.07) is 10.4. The van der Waals surface area contributed by atoms with E-state index in [9.17, 15) is 9.59 Å². The van der Waals surface area contributed by atoms with Gasteiger partial charge in [-0.2, -0.15) is 0 Å². The maximum atomic E-state index is 12.3. The van der Waals surface area contributed by atoms with Crippen LogP contribution < -0.4 is 10.6 Å². The van der Waals surface area contributed by atoms with E-state index in [4.69, 9.17) is 0 Å². The molecule has 0 atom stereocenters. The molecule has 0 saturated carbocycles. The average molecular weight is 390 g/mol. The largest absolute Gasteiger partial charge is 0.351 e. The maximum Gasteiger partial charge on any atom is 0.269 e. The van der Waals surface area contributed by atoms with Gasteiger partial charge >= 0.3 is 0 Å². The summed E-state index contributed by atoms with van der Waals surface area (Å²) in [4.78, 5) is 28.5. The molecule has 2 amide bonds. The molecule has 126 valence electrons. The van der Waals surface area contributed by atoms with Crippen LogP contribution in [0.25, 0.3) is 0 Å². The third-order valence-corrected chi connectivity index (χ3v) is 3.84. The molecule has 0 aliphatic rings. The molecule has 0 unspecified atom stereocenters. The van der Waals surface area contributed by atoms with Gasteiger partial charge in [-0.05, 0) is 42.7 Å². The molecular formula is C18H20BrN3O2. The lowest BCUT2D eigenvalue weighted by Gasteiger charge is -2.08. The Kier molecular flexibility index (Phi) is 6.49. The SMILES string of the molecule is CC(C)CCNC(=O)c1cc(C(=O)Nc2cccc(Br)c2)ccn1. The number of hydrogen-bond acceptors (Lipinski definition) is 3. The van der Waals surface area contributed by atoms with Crippen molar-refractivity contribution in [2.75, 3.05) is 11.9 Å². The van der Waals surface area contributed by atoms with Gasteiger partial charge in [0.1, 0.15) is 5.69 Å². The molecule has 0 bridgehead atoms. The summed E-state index contributed by atoms with van der Waals surface area (Å²) in [6.07, 6.45) is 2.36. The number of benzene rings is 1. The standard InChI is InChI=1S/C18H20BrN3O2/c1-12(2)6-8-21-18(24)16-10-13(7-9-20-16)17(23)22-15-5-3-4-14(19)11-15/h3-5,7,9-12H,6,8H2,1-2H3,(H,21,24)(H,22,23). The lowest BCUT2D eigenvalue weighted by atomic mass is 10.1. The van der Waals surface area contributed by atoms with Crippen molar-refractivity contribution >= 4 is 33.4 Å². The van der Waals surface area contributed by atoms with Crippen LogP contribution in [0.15, 0.2) is 47.1 Å². The first-order valence-electron chi connectivity index (χ1n) is 7.77. The van der Waals surface area contributed by atoms with Gasteiger partial charge in [0.25, 0.3) is 11.8 Å². The van der Waals surface area contributed by atoms with E-state index in [1.165, 1.54) is 12.3 Å². The number of anilines is 1. The van der Waals surface area contributed by atoms with E-state index in [0.29, 0.717) is 23.7 Å². The van der Waals surface area contributed by atoms with Gasteiger partial charge in [-0.3, -0.25) is 14.6 Å². The Morgan fingerprint density at radius 2 is 1.96 bits per heavy atom. The van der Waals surface area contributed by atoms with E-state index >= 15 is 0 Å². The third-order valence-electron chi connectivity index (χ3n) is 3.34. The Balaban J connectivity index is 2.03. The number of pyridine rings is 1. The number of carbonyl (C=O) groups is 2. The van der Waals surface area contributed by atoms with Crippen LogP contribution in [-0.4, -0.2) is 23.3 Å². The minimum atomic E-state index is -0.285. The van der Waals surface area contributed by atoms with E-state index in [-0.39, 0.29) is 17.5 Å². The number of nitrogens with one attached hydrogen (secondary N) is 2. The molecular weight excluding hydrogens is 370 g/mol. The molecule has 0 radical (unpaired) electrons. The summed E-state index contributed by atoms with van der Waals surface area (Å²) in [5.41, 5.74) is 1.30. The lowest BCUT2D eigenvalue weighted by Crippen LogP contribution is -2.26. The van der Waals surface area contributed by atoms with Crippen LogP contribution in [0.4, 0.5) is 5.69 Å². The predicted octanol–water partition coefficient (Wildman–Crippen LogP) is 3.87. The third kappa shape index (κ3) is 5.45. The number of carbonyl (C=O) groups excluding carboxylic acids is 2. The molecule has 2 rings (SSSR count). The smallest absolute Gasteiger partial charge is 0.269 e. The van der Waals surface area contributed by atoms with Gasteiger partial charge in [0, 0.05) is 28.5 Å². The van der Waals surface area contributed by atoms with Gasteiger partial charge in [-0.25, -0.2) is 0 Å². The summed E-state index contributed by atoms with van der Waals surface area (Å²) in [5.74, 6) is -0.0416. The molecule has 6 heteroatoms. The zero-order valence-corrected chi connectivity index (χ0v) is 15.3. The zero-order valence-electron chi connectivity index (χ0n) is 13.7. The summed E-state index contributed by atoms with van der Waals surface area (Å²) >= 11 is 3.36. The number of nitrogens with zero attached hydrogens (tertiary/aromatic N) is 1. The van der Waals surface area contributed by atoms with Crippen molar-refractivity contribution in [2.24, 2.45) is 5.92 Å². The van der Waals surface area contributed by atoms with Crippen LogP contribution in [0.1, 0.15) is 41.1 Å². The van der Waals surface area contributed by atoms with Gasteiger partial charge in [-0.1, -0.05) is 35.8 Å². The van der Waals surface area contributed by atoms with Crippen molar-refractivity contribution in [3.8, 4) is 0 Å². The Hall–Kier alpha value is -2.21. The van der Waals surface area contributed by atoms with Crippen molar-refractivity contribution in [3.63, 3.8) is 0 Å². The highest BCUT2D eigenvalue weighted by atomic mass is 79.9. The van der Waals surface area contributed by atoms with Crippen LogP contribution >= 0.6 is 15.9 Å². The van der Waals surface area contributed by atoms with E-state index in [1.54, 1.807) is 18.2 Å². The van der Waals surface area contributed by atoms with Gasteiger partial charge in [0.15, 0.2) is 0 Å². The summed E-state index contributed by atoms with van der Waals surface area (Å²) in [6.45, 7) is 4.78. The van der Waals surface area contributed by atoms with Crippen LogP contribution in [0, 0.1) is 5.92 Å². The van der Waals surface area contributed by atoms with Crippen molar-refractivity contribution in [1.82, 2.24) is 10.3 Å². The number of rotatable bonds is 6. The molecule has 1 aromatic heterocycles. The Bertz CT molecular complexity index is 732. The Morgan fingerprint density at radius 3 is 2.67 bits per heavy atom. The summed E-state index contributed by atoms with van der Waals surface area (Å²) in [5, 5.41) is 5.61. The van der Waals surface area contributed by atoms with Crippen LogP contribution in [0.5, 0.6) is 0 Å². The monoisotopic (exact) mass is 389 g/mol. The molecule has 1 heterocycles. The average Bonchev–Trinajstić information content (AvgIpc) is 2.54. The molecule has 2 N–H and O–H groups in total. The normalized spacial score (nSPS) is 10.5. The fraction of sp³-hybridized carbons (Fsp3) is 0.278. The van der Waals surface area contributed by atoms with E-state index < -0.39 is 0 Å². The first-order chi connectivity index (χ1) is 11.5. The molecule has 0 aliphatic carbocycles. The second-order valence-corrected chi connectivity index (χ2v) is 6.75.